The molecule has 1 atom stereocenters. The second-order valence-corrected chi connectivity index (χ2v) is 4.91. The van der Waals surface area contributed by atoms with Crippen molar-refractivity contribution in [2.45, 2.75) is 19.9 Å². The summed E-state index contributed by atoms with van der Waals surface area (Å²) in [4.78, 5) is 2.03. The maximum absolute atomic E-state index is 13.5. The predicted molar refractivity (Wildman–Crippen MR) is 84.7 cm³/mol. The van der Waals surface area contributed by atoms with Crippen LogP contribution in [0.5, 0.6) is 5.75 Å². The normalized spacial score (nSPS) is 12.0. The van der Waals surface area contributed by atoms with Crippen molar-refractivity contribution in [3.63, 3.8) is 0 Å². The lowest BCUT2D eigenvalue weighted by Crippen LogP contribution is -2.20. The van der Waals surface area contributed by atoms with E-state index in [1.54, 1.807) is 13.2 Å². The maximum Gasteiger partial charge on any atom is 0.125 e. The van der Waals surface area contributed by atoms with Crippen LogP contribution in [-0.4, -0.2) is 13.7 Å². The van der Waals surface area contributed by atoms with Gasteiger partial charge in [-0.1, -0.05) is 12.1 Å². The molecule has 0 radical (unpaired) electrons. The molecular formula is C17H21FN2O. The second kappa shape index (κ2) is 6.59. The van der Waals surface area contributed by atoms with E-state index in [-0.39, 0.29) is 11.9 Å². The number of halogens is 1. The molecule has 0 heterocycles. The quantitative estimate of drug-likeness (QED) is 0.903. The molecule has 3 nitrogen and oxygen atoms in total. The molecule has 0 aliphatic heterocycles. The third-order valence-corrected chi connectivity index (χ3v) is 3.45. The summed E-state index contributed by atoms with van der Waals surface area (Å²) in [7, 11) is 1.63. The minimum Gasteiger partial charge on any atom is -0.496 e. The van der Waals surface area contributed by atoms with Crippen LogP contribution < -0.4 is 15.4 Å². The summed E-state index contributed by atoms with van der Waals surface area (Å²) in [5, 5.41) is 0. The summed E-state index contributed by atoms with van der Waals surface area (Å²) in [5.41, 5.74) is 8.77. The van der Waals surface area contributed by atoms with Gasteiger partial charge in [0.1, 0.15) is 11.6 Å². The van der Waals surface area contributed by atoms with E-state index in [0.717, 1.165) is 22.7 Å². The van der Waals surface area contributed by atoms with Gasteiger partial charge in [-0.3, -0.25) is 0 Å². The molecule has 0 spiro atoms. The second-order valence-electron chi connectivity index (χ2n) is 4.91. The van der Waals surface area contributed by atoms with Gasteiger partial charge in [-0.05, 0) is 44.2 Å². The Kier molecular flexibility index (Phi) is 4.81. The molecule has 0 amide bonds. The largest absolute Gasteiger partial charge is 0.496 e. The van der Waals surface area contributed by atoms with E-state index in [4.69, 9.17) is 10.5 Å². The number of methoxy groups -OCH3 is 1. The Hall–Kier alpha value is -2.07. The lowest BCUT2D eigenvalue weighted by Gasteiger charge is -2.28. The van der Waals surface area contributed by atoms with Crippen LogP contribution in [0.25, 0.3) is 0 Å². The molecule has 21 heavy (non-hydrogen) atoms. The molecule has 2 N–H and O–H groups in total. The Balaban J connectivity index is 2.57. The van der Waals surface area contributed by atoms with E-state index in [0.29, 0.717) is 6.54 Å². The summed E-state index contributed by atoms with van der Waals surface area (Å²) < 4.78 is 18.9. The van der Waals surface area contributed by atoms with Crippen LogP contribution in [0.15, 0.2) is 42.5 Å². The number of benzene rings is 2. The molecule has 2 aromatic carbocycles. The molecule has 0 aromatic heterocycles. The number of nitrogens with zero attached hydrogens (tertiary/aromatic N) is 1. The van der Waals surface area contributed by atoms with Crippen LogP contribution in [0, 0.1) is 5.82 Å². The summed E-state index contributed by atoms with van der Waals surface area (Å²) in [6.07, 6.45) is 0. The topological polar surface area (TPSA) is 38.5 Å². The molecule has 2 rings (SSSR count). The minimum absolute atomic E-state index is 0.182. The monoisotopic (exact) mass is 288 g/mol. The van der Waals surface area contributed by atoms with E-state index in [1.807, 2.05) is 43.0 Å². The summed E-state index contributed by atoms with van der Waals surface area (Å²) in [6, 6.07) is 12.2. The van der Waals surface area contributed by atoms with Crippen molar-refractivity contribution in [3.8, 4) is 5.75 Å². The summed E-state index contributed by atoms with van der Waals surface area (Å²) in [5.74, 6) is 0.494. The van der Waals surface area contributed by atoms with Crippen LogP contribution in [0.3, 0.4) is 0 Å². The lowest BCUT2D eigenvalue weighted by molar-refractivity contribution is 0.407. The molecule has 0 aliphatic carbocycles. The average Bonchev–Trinajstić information content (AvgIpc) is 2.47. The van der Waals surface area contributed by atoms with E-state index < -0.39 is 0 Å². The summed E-state index contributed by atoms with van der Waals surface area (Å²) >= 11 is 0. The van der Waals surface area contributed by atoms with Crippen LogP contribution in [-0.2, 0) is 0 Å². The molecule has 0 fully saturated rings. The van der Waals surface area contributed by atoms with Gasteiger partial charge in [-0.2, -0.15) is 0 Å². The van der Waals surface area contributed by atoms with Gasteiger partial charge in [0.25, 0.3) is 0 Å². The van der Waals surface area contributed by atoms with Crippen molar-refractivity contribution in [1.82, 2.24) is 0 Å². The van der Waals surface area contributed by atoms with Crippen molar-refractivity contribution in [3.05, 3.63) is 53.8 Å². The van der Waals surface area contributed by atoms with Crippen LogP contribution >= 0.6 is 0 Å². The first-order chi connectivity index (χ1) is 10.1. The van der Waals surface area contributed by atoms with Gasteiger partial charge in [-0.25, -0.2) is 4.39 Å². The Morgan fingerprint density at radius 3 is 2.52 bits per heavy atom. The molecule has 0 saturated heterocycles. The zero-order chi connectivity index (χ0) is 15.4. The van der Waals surface area contributed by atoms with Gasteiger partial charge in [0.05, 0.1) is 7.11 Å². The van der Waals surface area contributed by atoms with Crippen molar-refractivity contribution in [1.29, 1.82) is 0 Å². The maximum atomic E-state index is 13.5. The smallest absolute Gasteiger partial charge is 0.125 e. The summed E-state index contributed by atoms with van der Waals surface area (Å²) in [6.45, 7) is 4.65. The first-order valence-electron chi connectivity index (χ1n) is 7.04. The van der Waals surface area contributed by atoms with Gasteiger partial charge >= 0.3 is 0 Å². The van der Waals surface area contributed by atoms with Crippen molar-refractivity contribution in [2.24, 2.45) is 5.73 Å². The minimum atomic E-state index is -0.254. The molecule has 0 aliphatic rings. The van der Waals surface area contributed by atoms with Crippen LogP contribution in [0.2, 0.25) is 0 Å². The van der Waals surface area contributed by atoms with E-state index >= 15 is 0 Å². The van der Waals surface area contributed by atoms with Crippen molar-refractivity contribution < 1.29 is 9.13 Å². The number of nitrogens with two attached hydrogens (primary N) is 1. The lowest BCUT2D eigenvalue weighted by atomic mass is 10.0. The fourth-order valence-electron chi connectivity index (χ4n) is 2.54. The fraction of sp³-hybridized carbons (Fsp3) is 0.294. The SMILES string of the molecule is CCN(c1cccc(F)c1)c1cccc(OC)c1C(C)N. The first-order valence-corrected chi connectivity index (χ1v) is 7.04. The third kappa shape index (κ3) is 3.16. The highest BCUT2D eigenvalue weighted by molar-refractivity contribution is 5.69. The average molecular weight is 288 g/mol. The molecule has 1 unspecified atom stereocenters. The van der Waals surface area contributed by atoms with Crippen molar-refractivity contribution >= 4 is 11.4 Å². The highest BCUT2D eigenvalue weighted by Crippen LogP contribution is 2.37. The van der Waals surface area contributed by atoms with Gasteiger partial charge in [0.2, 0.25) is 0 Å². The fourth-order valence-corrected chi connectivity index (χ4v) is 2.54. The van der Waals surface area contributed by atoms with Gasteiger partial charge in [0, 0.05) is 29.5 Å². The predicted octanol–water partition coefficient (Wildman–Crippen LogP) is 4.01. The highest BCUT2D eigenvalue weighted by atomic mass is 19.1. The third-order valence-electron chi connectivity index (χ3n) is 3.45. The number of ether oxygens (including phenoxy) is 1. The standard InChI is InChI=1S/C17H21FN2O/c1-4-20(14-8-5-7-13(18)11-14)15-9-6-10-16(21-3)17(15)12(2)19/h5-12H,4,19H2,1-3H3. The Labute approximate surface area is 125 Å². The van der Waals surface area contributed by atoms with Gasteiger partial charge in [0.15, 0.2) is 0 Å². The number of hydrogen-bond acceptors (Lipinski definition) is 3. The molecule has 0 saturated carbocycles. The van der Waals surface area contributed by atoms with E-state index in [9.17, 15) is 4.39 Å². The zero-order valence-electron chi connectivity index (χ0n) is 12.6. The Morgan fingerprint density at radius 2 is 1.95 bits per heavy atom. The van der Waals surface area contributed by atoms with Crippen LogP contribution in [0.4, 0.5) is 15.8 Å². The first kappa shape index (κ1) is 15.3. The Morgan fingerprint density at radius 1 is 1.24 bits per heavy atom. The van der Waals surface area contributed by atoms with Gasteiger partial charge in [-0.15, -0.1) is 0 Å². The molecule has 2 aromatic rings. The molecule has 112 valence electrons. The molecule has 0 bridgehead atoms. The van der Waals surface area contributed by atoms with Crippen LogP contribution in [0.1, 0.15) is 25.5 Å². The van der Waals surface area contributed by atoms with E-state index in [2.05, 4.69) is 0 Å². The van der Waals surface area contributed by atoms with Gasteiger partial charge < -0.3 is 15.4 Å². The van der Waals surface area contributed by atoms with Crippen molar-refractivity contribution in [2.75, 3.05) is 18.6 Å². The number of rotatable bonds is 5. The number of hydrogen-bond donors (Lipinski definition) is 1. The van der Waals surface area contributed by atoms with E-state index in [1.165, 1.54) is 12.1 Å². The Bertz CT molecular complexity index is 613. The highest BCUT2D eigenvalue weighted by Gasteiger charge is 2.18. The zero-order valence-corrected chi connectivity index (χ0v) is 12.6. The molecule has 4 heteroatoms. The number of anilines is 2. The molecular weight excluding hydrogens is 267 g/mol.